The van der Waals surface area contributed by atoms with Crippen molar-refractivity contribution in [2.24, 2.45) is 0 Å². The van der Waals surface area contributed by atoms with Crippen LogP contribution in [0.25, 0.3) is 0 Å². The zero-order chi connectivity index (χ0) is 21.8. The van der Waals surface area contributed by atoms with Gasteiger partial charge in [-0.1, -0.05) is 97.1 Å². The molecule has 32 heavy (non-hydrogen) atoms. The van der Waals surface area contributed by atoms with Crippen LogP contribution >= 0.6 is 0 Å². The van der Waals surface area contributed by atoms with Gasteiger partial charge in [-0.2, -0.15) is 0 Å². The lowest BCUT2D eigenvalue weighted by atomic mass is 9.62. The van der Waals surface area contributed by atoms with Crippen molar-refractivity contribution < 1.29 is 10.2 Å². The first-order valence-corrected chi connectivity index (χ1v) is 11.5. The van der Waals surface area contributed by atoms with Gasteiger partial charge in [0.05, 0.1) is 0 Å². The number of fused-ring (bicyclic) bond motifs is 3. The summed E-state index contributed by atoms with van der Waals surface area (Å²) in [6, 6.07) is 31.8. The van der Waals surface area contributed by atoms with E-state index in [1.54, 1.807) is 0 Å². The molecule has 0 unspecified atom stereocenters. The highest BCUT2D eigenvalue weighted by Crippen LogP contribution is 2.53. The van der Waals surface area contributed by atoms with E-state index in [0.717, 1.165) is 59.1 Å². The molecular formula is C30H26O2. The van der Waals surface area contributed by atoms with Crippen LogP contribution in [0.5, 0.6) is 0 Å². The van der Waals surface area contributed by atoms with Crippen molar-refractivity contribution in [3.8, 4) is 0 Å². The Morgan fingerprint density at radius 1 is 0.469 bits per heavy atom. The third kappa shape index (κ3) is 2.60. The molecule has 0 aromatic heterocycles. The lowest BCUT2D eigenvalue weighted by molar-refractivity contribution is 0.0745. The molecule has 0 aliphatic heterocycles. The van der Waals surface area contributed by atoms with Gasteiger partial charge >= 0.3 is 0 Å². The Hall–Kier alpha value is -3.20. The first-order chi connectivity index (χ1) is 15.6. The molecule has 6 rings (SSSR count). The van der Waals surface area contributed by atoms with Crippen LogP contribution in [0, 0.1) is 0 Å². The molecule has 0 radical (unpaired) electrons. The molecule has 0 saturated heterocycles. The monoisotopic (exact) mass is 418 g/mol. The normalized spacial score (nSPS) is 23.7. The number of hydrogen-bond acceptors (Lipinski definition) is 2. The van der Waals surface area contributed by atoms with Gasteiger partial charge in [-0.3, -0.25) is 0 Å². The first kappa shape index (κ1) is 19.5. The minimum atomic E-state index is -1.33. The van der Waals surface area contributed by atoms with Crippen molar-refractivity contribution in [1.29, 1.82) is 0 Å². The van der Waals surface area contributed by atoms with Crippen LogP contribution in [-0.2, 0) is 24.0 Å². The molecule has 0 saturated carbocycles. The van der Waals surface area contributed by atoms with E-state index in [1.165, 1.54) is 11.1 Å². The molecule has 2 N–H and O–H groups in total. The molecule has 4 aromatic carbocycles. The van der Waals surface area contributed by atoms with E-state index in [9.17, 15) is 10.2 Å². The van der Waals surface area contributed by atoms with E-state index in [2.05, 4.69) is 12.1 Å². The van der Waals surface area contributed by atoms with E-state index < -0.39 is 11.2 Å². The van der Waals surface area contributed by atoms with Crippen LogP contribution in [0.4, 0.5) is 0 Å². The van der Waals surface area contributed by atoms with Crippen molar-refractivity contribution >= 4 is 0 Å². The SMILES string of the molecule is O[C@]1(c2ccccc2)c2ccccc2[C@@](O)(c2ccccc2)c2cc3c(cc21)CCCC3. The Balaban J connectivity index is 1.75. The summed E-state index contributed by atoms with van der Waals surface area (Å²) in [5.74, 6) is 0. The average molecular weight is 419 g/mol. The van der Waals surface area contributed by atoms with Crippen molar-refractivity contribution in [2.75, 3.05) is 0 Å². The van der Waals surface area contributed by atoms with Gasteiger partial charge < -0.3 is 10.2 Å². The fraction of sp³-hybridized carbons (Fsp3) is 0.200. The number of benzene rings is 4. The van der Waals surface area contributed by atoms with Gasteiger partial charge in [0, 0.05) is 0 Å². The summed E-state index contributed by atoms with van der Waals surface area (Å²) >= 11 is 0. The van der Waals surface area contributed by atoms with Crippen molar-refractivity contribution in [2.45, 2.75) is 36.9 Å². The van der Waals surface area contributed by atoms with E-state index in [4.69, 9.17) is 0 Å². The summed E-state index contributed by atoms with van der Waals surface area (Å²) in [5.41, 5.74) is 4.60. The molecule has 2 heteroatoms. The second-order valence-electron chi connectivity index (χ2n) is 9.07. The van der Waals surface area contributed by atoms with Crippen LogP contribution in [-0.4, -0.2) is 10.2 Å². The van der Waals surface area contributed by atoms with Crippen LogP contribution in [0.1, 0.15) is 57.3 Å². The quantitative estimate of drug-likeness (QED) is 0.455. The maximum atomic E-state index is 12.5. The first-order valence-electron chi connectivity index (χ1n) is 11.5. The van der Waals surface area contributed by atoms with Gasteiger partial charge in [-0.05, 0) is 70.2 Å². The van der Waals surface area contributed by atoms with Gasteiger partial charge in [0.2, 0.25) is 0 Å². The number of hydrogen-bond donors (Lipinski definition) is 2. The van der Waals surface area contributed by atoms with E-state index in [1.807, 2.05) is 84.9 Å². The standard InChI is InChI=1S/C30H26O2/c31-29(23-13-3-1-4-14-23)25-17-9-10-18-26(25)30(32,24-15-5-2-6-16-24)28-20-22-12-8-7-11-21(22)19-27(28)29/h1-6,9-10,13-20,31-32H,7-8,11-12H2/t29-,30+. The third-order valence-electron chi connectivity index (χ3n) is 7.35. The van der Waals surface area contributed by atoms with Crippen molar-refractivity contribution in [3.05, 3.63) is 142 Å². The minimum absolute atomic E-state index is 0.737. The van der Waals surface area contributed by atoms with Gasteiger partial charge in [0.15, 0.2) is 0 Å². The topological polar surface area (TPSA) is 40.5 Å². The Morgan fingerprint density at radius 2 is 0.844 bits per heavy atom. The fourth-order valence-corrected chi connectivity index (χ4v) is 5.77. The largest absolute Gasteiger partial charge is 0.376 e. The van der Waals surface area contributed by atoms with Gasteiger partial charge in [-0.25, -0.2) is 0 Å². The Morgan fingerprint density at radius 3 is 1.25 bits per heavy atom. The molecule has 0 heterocycles. The van der Waals surface area contributed by atoms with Crippen molar-refractivity contribution in [1.82, 2.24) is 0 Å². The minimum Gasteiger partial charge on any atom is -0.376 e. The molecule has 2 aliphatic carbocycles. The summed E-state index contributed by atoms with van der Waals surface area (Å²) in [7, 11) is 0. The third-order valence-corrected chi connectivity index (χ3v) is 7.35. The molecule has 2 aliphatic rings. The second-order valence-corrected chi connectivity index (χ2v) is 9.07. The maximum absolute atomic E-state index is 12.5. The smallest absolute Gasteiger partial charge is 0.141 e. The maximum Gasteiger partial charge on any atom is 0.141 e. The predicted octanol–water partition coefficient (Wildman–Crippen LogP) is 5.45. The van der Waals surface area contributed by atoms with Crippen LogP contribution < -0.4 is 0 Å². The fourth-order valence-electron chi connectivity index (χ4n) is 5.77. The molecule has 0 bridgehead atoms. The molecular weight excluding hydrogens is 392 g/mol. The highest BCUT2D eigenvalue weighted by atomic mass is 16.3. The number of aryl methyl sites for hydroxylation is 2. The average Bonchev–Trinajstić information content (AvgIpc) is 2.87. The van der Waals surface area contributed by atoms with Gasteiger partial charge in [0.1, 0.15) is 11.2 Å². The van der Waals surface area contributed by atoms with E-state index in [-0.39, 0.29) is 0 Å². The summed E-state index contributed by atoms with van der Waals surface area (Å²) in [5, 5.41) is 25.0. The highest BCUT2D eigenvalue weighted by molar-refractivity contribution is 5.66. The molecule has 158 valence electrons. The van der Waals surface area contributed by atoms with Crippen LogP contribution in [0.3, 0.4) is 0 Å². The lowest BCUT2D eigenvalue weighted by Crippen LogP contribution is -2.44. The summed E-state index contributed by atoms with van der Waals surface area (Å²) in [6.45, 7) is 0. The predicted molar refractivity (Wildman–Crippen MR) is 127 cm³/mol. The Bertz CT molecular complexity index is 1190. The Kier molecular flexibility index (Phi) is 4.36. The lowest BCUT2D eigenvalue weighted by Gasteiger charge is -2.46. The zero-order valence-electron chi connectivity index (χ0n) is 18.0. The van der Waals surface area contributed by atoms with Gasteiger partial charge in [-0.15, -0.1) is 0 Å². The number of rotatable bonds is 2. The zero-order valence-corrected chi connectivity index (χ0v) is 18.0. The summed E-state index contributed by atoms with van der Waals surface area (Å²) in [6.07, 6.45) is 4.35. The number of aliphatic hydroxyl groups is 2. The Labute approximate surface area is 188 Å². The molecule has 4 aromatic rings. The summed E-state index contributed by atoms with van der Waals surface area (Å²) < 4.78 is 0. The molecule has 2 atom stereocenters. The van der Waals surface area contributed by atoms with E-state index in [0.29, 0.717) is 0 Å². The van der Waals surface area contributed by atoms with Crippen LogP contribution in [0.15, 0.2) is 97.1 Å². The van der Waals surface area contributed by atoms with Crippen LogP contribution in [0.2, 0.25) is 0 Å². The second kappa shape index (κ2) is 7.16. The van der Waals surface area contributed by atoms with Gasteiger partial charge in [0.25, 0.3) is 0 Å². The van der Waals surface area contributed by atoms with E-state index >= 15 is 0 Å². The molecule has 0 fully saturated rings. The summed E-state index contributed by atoms with van der Waals surface area (Å²) in [4.78, 5) is 0. The highest BCUT2D eigenvalue weighted by Gasteiger charge is 2.51. The molecule has 0 amide bonds. The van der Waals surface area contributed by atoms with Crippen molar-refractivity contribution in [3.63, 3.8) is 0 Å². The molecule has 0 spiro atoms. The molecule has 2 nitrogen and oxygen atoms in total.